The van der Waals surface area contributed by atoms with Crippen LogP contribution in [0, 0.1) is 0 Å². The monoisotopic (exact) mass is 452 g/mol. The molecule has 3 aliphatic rings. The number of hydrogen-bond donors (Lipinski definition) is 2. The highest BCUT2D eigenvalue weighted by atomic mass is 35.5. The highest BCUT2D eigenvalue weighted by Gasteiger charge is 2.55. The summed E-state index contributed by atoms with van der Waals surface area (Å²) in [6.07, 6.45) is 2.13. The maximum atomic E-state index is 12.1. The molecule has 0 spiro atoms. The first-order valence-corrected chi connectivity index (χ1v) is 10.8. The van der Waals surface area contributed by atoms with Crippen LogP contribution in [0.15, 0.2) is 12.3 Å². The lowest BCUT2D eigenvalue weighted by molar-refractivity contribution is -0.199. The molecule has 4 heterocycles. The molecule has 168 valence electrons. The molecule has 11 heteroatoms. The largest absolute Gasteiger partial charge is 0.465 e. The van der Waals surface area contributed by atoms with Crippen LogP contribution in [0.4, 0.5) is 10.6 Å². The number of carbonyl (C=O) groups is 1. The minimum absolute atomic E-state index is 0.0520. The van der Waals surface area contributed by atoms with Crippen LogP contribution in [0.2, 0.25) is 5.28 Å². The lowest BCUT2D eigenvalue weighted by atomic mass is 10.1. The Labute approximate surface area is 183 Å². The summed E-state index contributed by atoms with van der Waals surface area (Å²) >= 11 is 6.24. The molecule has 0 radical (unpaired) electrons. The molecule has 2 aliphatic heterocycles. The van der Waals surface area contributed by atoms with Crippen LogP contribution < -0.4 is 4.90 Å². The van der Waals surface area contributed by atoms with Crippen molar-refractivity contribution >= 4 is 34.5 Å². The van der Waals surface area contributed by atoms with Crippen LogP contribution >= 0.6 is 11.6 Å². The van der Waals surface area contributed by atoms with Crippen molar-refractivity contribution in [3.05, 3.63) is 17.5 Å². The van der Waals surface area contributed by atoms with Gasteiger partial charge in [-0.1, -0.05) is 12.8 Å². The van der Waals surface area contributed by atoms with Gasteiger partial charge in [-0.25, -0.2) is 4.79 Å². The Bertz CT molecular complexity index is 1010. The van der Waals surface area contributed by atoms with Crippen molar-refractivity contribution in [3.63, 3.8) is 0 Å². The summed E-state index contributed by atoms with van der Waals surface area (Å²) in [5.41, 5.74) is 0.440. The quantitative estimate of drug-likeness (QED) is 0.679. The zero-order valence-corrected chi connectivity index (χ0v) is 18.0. The Hall–Kier alpha value is -1.98. The second kappa shape index (κ2) is 7.56. The van der Waals surface area contributed by atoms with Crippen molar-refractivity contribution in [2.24, 2.45) is 0 Å². The summed E-state index contributed by atoms with van der Waals surface area (Å²) in [6, 6.07) is 1.62. The molecule has 2 aromatic rings. The van der Waals surface area contributed by atoms with Gasteiger partial charge in [0.2, 0.25) is 5.28 Å². The number of fused-ring (bicyclic) bond motifs is 2. The van der Waals surface area contributed by atoms with Gasteiger partial charge in [-0.3, -0.25) is 4.90 Å². The average Bonchev–Trinajstić information content (AvgIpc) is 3.45. The molecule has 1 amide bonds. The fourth-order valence-electron chi connectivity index (χ4n) is 4.99. The number of aliphatic hydroxyl groups is 1. The van der Waals surface area contributed by atoms with Gasteiger partial charge < -0.3 is 29.0 Å². The molecule has 0 unspecified atom stereocenters. The standard InChI is InChI=1S/C20H25ClN4O6/c1-20(2)30-13-12(9-26)29-17(14(13)31-20)24-8-7-11-15(24)22-18(21)23-16(11)25(19(27)28)10-5-3-4-6-10/h7-8,10,12-14,17,26H,3-6,9H2,1-2H3,(H,27,28)/t12-,13-,14-,17-/m1/s1. The molecule has 5 rings (SSSR count). The zero-order chi connectivity index (χ0) is 21.9. The number of ether oxygens (including phenoxy) is 3. The first-order chi connectivity index (χ1) is 14.8. The Kier molecular flexibility index (Phi) is 5.10. The third kappa shape index (κ3) is 3.46. The van der Waals surface area contributed by atoms with E-state index < -0.39 is 36.4 Å². The normalized spacial score (nSPS) is 30.2. The van der Waals surface area contributed by atoms with E-state index in [0.29, 0.717) is 11.0 Å². The van der Waals surface area contributed by atoms with E-state index in [1.165, 1.54) is 4.90 Å². The number of amides is 1. The van der Waals surface area contributed by atoms with Crippen LogP contribution in [-0.4, -0.2) is 67.6 Å². The van der Waals surface area contributed by atoms with Crippen molar-refractivity contribution in [2.45, 2.75) is 75.9 Å². The average molecular weight is 453 g/mol. The molecule has 0 aromatic carbocycles. The molecule has 3 fully saturated rings. The summed E-state index contributed by atoms with van der Waals surface area (Å²) in [4.78, 5) is 22.1. The summed E-state index contributed by atoms with van der Waals surface area (Å²) in [5.74, 6) is -0.543. The molecule has 2 N–H and O–H groups in total. The minimum Gasteiger partial charge on any atom is -0.465 e. The summed E-state index contributed by atoms with van der Waals surface area (Å²) < 4.78 is 19.8. The van der Waals surface area contributed by atoms with Crippen molar-refractivity contribution in [1.82, 2.24) is 14.5 Å². The molecule has 0 bridgehead atoms. The third-order valence-corrected chi connectivity index (χ3v) is 6.40. The van der Waals surface area contributed by atoms with Crippen LogP contribution in [0.5, 0.6) is 0 Å². The number of halogens is 1. The Morgan fingerprint density at radius 2 is 2.00 bits per heavy atom. The topological polar surface area (TPSA) is 119 Å². The van der Waals surface area contributed by atoms with Gasteiger partial charge in [0.15, 0.2) is 17.8 Å². The fourth-order valence-corrected chi connectivity index (χ4v) is 5.15. The highest BCUT2D eigenvalue weighted by molar-refractivity contribution is 6.29. The van der Waals surface area contributed by atoms with Crippen molar-refractivity contribution in [1.29, 1.82) is 0 Å². The predicted octanol–water partition coefficient (Wildman–Crippen LogP) is 2.92. The van der Waals surface area contributed by atoms with Gasteiger partial charge in [-0.15, -0.1) is 0 Å². The number of hydrogen-bond acceptors (Lipinski definition) is 7. The molecule has 2 aromatic heterocycles. The molecule has 10 nitrogen and oxygen atoms in total. The summed E-state index contributed by atoms with van der Waals surface area (Å²) in [5, 5.41) is 20.2. The smallest absolute Gasteiger partial charge is 0.413 e. The number of nitrogens with zero attached hydrogens (tertiary/aromatic N) is 4. The van der Waals surface area contributed by atoms with Gasteiger partial charge in [0.05, 0.1) is 12.0 Å². The summed E-state index contributed by atoms with van der Waals surface area (Å²) in [7, 11) is 0. The van der Waals surface area contributed by atoms with Crippen molar-refractivity contribution in [3.8, 4) is 0 Å². The van der Waals surface area contributed by atoms with E-state index in [2.05, 4.69) is 9.97 Å². The highest BCUT2D eigenvalue weighted by Crippen LogP contribution is 2.44. The third-order valence-electron chi connectivity index (χ3n) is 6.23. The summed E-state index contributed by atoms with van der Waals surface area (Å²) in [6.45, 7) is 3.41. The van der Waals surface area contributed by atoms with E-state index in [0.717, 1.165) is 25.7 Å². The molecular formula is C20H25ClN4O6. The van der Waals surface area contributed by atoms with Crippen LogP contribution in [0.1, 0.15) is 45.8 Å². The predicted molar refractivity (Wildman–Crippen MR) is 110 cm³/mol. The maximum Gasteiger partial charge on any atom is 0.413 e. The molecule has 4 atom stereocenters. The Morgan fingerprint density at radius 1 is 1.29 bits per heavy atom. The van der Waals surface area contributed by atoms with Gasteiger partial charge in [0, 0.05) is 12.2 Å². The second-order valence-corrected chi connectivity index (χ2v) is 9.02. The van der Waals surface area contributed by atoms with E-state index in [1.807, 2.05) is 13.8 Å². The molecule has 2 saturated heterocycles. The lowest BCUT2D eigenvalue weighted by Crippen LogP contribution is -2.38. The molecule has 1 saturated carbocycles. The lowest BCUT2D eigenvalue weighted by Gasteiger charge is -2.26. The number of anilines is 1. The van der Waals surface area contributed by atoms with E-state index in [-0.39, 0.29) is 23.8 Å². The van der Waals surface area contributed by atoms with E-state index in [4.69, 9.17) is 25.8 Å². The van der Waals surface area contributed by atoms with Crippen LogP contribution in [0.25, 0.3) is 11.0 Å². The zero-order valence-electron chi connectivity index (χ0n) is 17.3. The minimum atomic E-state index is -1.07. The first kappa shape index (κ1) is 20.9. The molecule has 31 heavy (non-hydrogen) atoms. The van der Waals surface area contributed by atoms with Gasteiger partial charge in [0.1, 0.15) is 24.0 Å². The SMILES string of the molecule is CC1(C)O[C@@H]2[C@H](O1)[C@@H](CO)O[C@H]2n1ccc2c(N(C(=O)O)C3CCCC3)nc(Cl)nc21. The first-order valence-electron chi connectivity index (χ1n) is 10.5. The van der Waals surface area contributed by atoms with Gasteiger partial charge >= 0.3 is 6.09 Å². The molecule has 1 aliphatic carbocycles. The van der Waals surface area contributed by atoms with Gasteiger partial charge in [0.25, 0.3) is 0 Å². The van der Waals surface area contributed by atoms with Gasteiger partial charge in [-0.2, -0.15) is 9.97 Å². The van der Waals surface area contributed by atoms with Crippen LogP contribution in [-0.2, 0) is 14.2 Å². The van der Waals surface area contributed by atoms with E-state index in [9.17, 15) is 15.0 Å². The number of aliphatic hydroxyl groups excluding tert-OH is 1. The van der Waals surface area contributed by atoms with E-state index in [1.54, 1.807) is 16.8 Å². The number of rotatable bonds is 4. The molecular weight excluding hydrogens is 428 g/mol. The van der Waals surface area contributed by atoms with Crippen molar-refractivity contribution in [2.75, 3.05) is 11.5 Å². The Balaban J connectivity index is 1.58. The van der Waals surface area contributed by atoms with Crippen molar-refractivity contribution < 1.29 is 29.2 Å². The van der Waals surface area contributed by atoms with Crippen LogP contribution in [0.3, 0.4) is 0 Å². The second-order valence-electron chi connectivity index (χ2n) is 8.68. The number of aromatic nitrogens is 3. The van der Waals surface area contributed by atoms with Gasteiger partial charge in [-0.05, 0) is 44.4 Å². The Morgan fingerprint density at radius 3 is 2.68 bits per heavy atom. The fraction of sp³-hybridized carbons (Fsp3) is 0.650. The van der Waals surface area contributed by atoms with E-state index >= 15 is 0 Å². The number of carboxylic acid groups (broad SMARTS) is 1. The maximum absolute atomic E-state index is 12.1.